The van der Waals surface area contributed by atoms with Gasteiger partial charge in [-0.1, -0.05) is 42.1 Å². The lowest BCUT2D eigenvalue weighted by Gasteiger charge is -2.27. The summed E-state index contributed by atoms with van der Waals surface area (Å²) in [4.78, 5) is 32.9. The van der Waals surface area contributed by atoms with Crippen LogP contribution in [0.15, 0.2) is 40.3 Å². The normalized spacial score (nSPS) is 13.5. The molecule has 0 aliphatic carbocycles. The maximum Gasteiger partial charge on any atom is 0.410 e. The topological polar surface area (TPSA) is 75.3 Å². The molecule has 0 saturated carbocycles. The Morgan fingerprint density at radius 2 is 2.17 bits per heavy atom. The standard InChI is InChI=1S/C16H17N3O3S/c1-23-15-17-13-9-19(8-7-12(13)14(20)18-15)16(21)22-10-11-5-3-2-4-6-11/h2-6H,7-10H2,1H3,(H,17,18,20). The number of aromatic nitrogens is 2. The van der Waals surface area contributed by atoms with Crippen molar-refractivity contribution in [2.75, 3.05) is 12.8 Å². The van der Waals surface area contributed by atoms with Crippen molar-refractivity contribution in [1.29, 1.82) is 0 Å². The molecule has 1 aliphatic heterocycles. The molecule has 1 amide bonds. The average molecular weight is 331 g/mol. The van der Waals surface area contributed by atoms with Gasteiger partial charge in [0.05, 0.1) is 12.2 Å². The first-order chi connectivity index (χ1) is 11.2. The summed E-state index contributed by atoms with van der Waals surface area (Å²) in [6.07, 6.45) is 1.96. The number of hydrogen-bond donors (Lipinski definition) is 1. The quantitative estimate of drug-likeness (QED) is 0.689. The van der Waals surface area contributed by atoms with Gasteiger partial charge in [0.1, 0.15) is 6.61 Å². The summed E-state index contributed by atoms with van der Waals surface area (Å²) in [7, 11) is 0. The van der Waals surface area contributed by atoms with Gasteiger partial charge in [-0.15, -0.1) is 0 Å². The molecule has 0 fully saturated rings. The molecule has 0 unspecified atom stereocenters. The van der Waals surface area contributed by atoms with E-state index in [1.165, 1.54) is 11.8 Å². The van der Waals surface area contributed by atoms with E-state index in [1.807, 2.05) is 36.6 Å². The number of carbonyl (C=O) groups is 1. The van der Waals surface area contributed by atoms with Crippen LogP contribution in [0.4, 0.5) is 4.79 Å². The number of carbonyl (C=O) groups excluding carboxylic acids is 1. The molecule has 0 atom stereocenters. The third kappa shape index (κ3) is 3.56. The molecular weight excluding hydrogens is 314 g/mol. The van der Waals surface area contributed by atoms with E-state index >= 15 is 0 Å². The van der Waals surface area contributed by atoms with E-state index < -0.39 is 0 Å². The van der Waals surface area contributed by atoms with Gasteiger partial charge >= 0.3 is 6.09 Å². The van der Waals surface area contributed by atoms with Crippen molar-refractivity contribution in [3.63, 3.8) is 0 Å². The molecule has 3 rings (SSSR count). The number of fused-ring (bicyclic) bond motifs is 1. The summed E-state index contributed by atoms with van der Waals surface area (Å²) in [5, 5.41) is 0.563. The van der Waals surface area contributed by atoms with Crippen LogP contribution in [0, 0.1) is 0 Å². The van der Waals surface area contributed by atoms with Crippen LogP contribution in [0.5, 0.6) is 0 Å². The molecule has 2 heterocycles. The fraction of sp³-hybridized carbons (Fsp3) is 0.312. The maximum absolute atomic E-state index is 12.2. The molecule has 0 radical (unpaired) electrons. The second-order valence-corrected chi connectivity index (χ2v) is 6.01. The van der Waals surface area contributed by atoms with E-state index in [2.05, 4.69) is 9.97 Å². The zero-order valence-corrected chi connectivity index (χ0v) is 13.6. The SMILES string of the molecule is CSc1nc2c(c(=O)[nH]1)CCN(C(=O)OCc1ccccc1)C2. The molecule has 6 nitrogen and oxygen atoms in total. The Hall–Kier alpha value is -2.28. The van der Waals surface area contributed by atoms with Gasteiger partial charge in [0.2, 0.25) is 0 Å². The maximum atomic E-state index is 12.2. The Kier molecular flexibility index (Phi) is 4.66. The number of hydrogen-bond acceptors (Lipinski definition) is 5. The minimum atomic E-state index is -0.382. The van der Waals surface area contributed by atoms with Crippen molar-refractivity contribution in [1.82, 2.24) is 14.9 Å². The van der Waals surface area contributed by atoms with E-state index in [9.17, 15) is 9.59 Å². The smallest absolute Gasteiger partial charge is 0.410 e. The van der Waals surface area contributed by atoms with Crippen LogP contribution >= 0.6 is 11.8 Å². The Morgan fingerprint density at radius 1 is 1.39 bits per heavy atom. The third-order valence-electron chi connectivity index (χ3n) is 3.71. The third-order valence-corrected chi connectivity index (χ3v) is 4.29. The van der Waals surface area contributed by atoms with Crippen molar-refractivity contribution in [3.8, 4) is 0 Å². The molecule has 7 heteroatoms. The zero-order chi connectivity index (χ0) is 16.2. The summed E-state index contributed by atoms with van der Waals surface area (Å²) in [6.45, 7) is 1.01. The van der Waals surface area contributed by atoms with Gasteiger partial charge in [-0.25, -0.2) is 9.78 Å². The Morgan fingerprint density at radius 3 is 2.91 bits per heavy atom. The number of H-pyrrole nitrogens is 1. The zero-order valence-electron chi connectivity index (χ0n) is 12.7. The van der Waals surface area contributed by atoms with Crippen molar-refractivity contribution in [3.05, 3.63) is 57.5 Å². The molecule has 1 aromatic carbocycles. The monoisotopic (exact) mass is 331 g/mol. The first-order valence-electron chi connectivity index (χ1n) is 7.29. The lowest BCUT2D eigenvalue weighted by Crippen LogP contribution is -2.39. The minimum Gasteiger partial charge on any atom is -0.445 e. The van der Waals surface area contributed by atoms with E-state index in [1.54, 1.807) is 4.90 Å². The predicted octanol–water partition coefficient (Wildman–Crippen LogP) is 2.19. The van der Waals surface area contributed by atoms with Crippen LogP contribution in [0.2, 0.25) is 0 Å². The Balaban J connectivity index is 1.68. The van der Waals surface area contributed by atoms with E-state index in [-0.39, 0.29) is 18.3 Å². The lowest BCUT2D eigenvalue weighted by molar-refractivity contribution is 0.0910. The van der Waals surface area contributed by atoms with Crippen molar-refractivity contribution in [2.24, 2.45) is 0 Å². The van der Waals surface area contributed by atoms with E-state index in [0.29, 0.717) is 35.9 Å². The number of aromatic amines is 1. The lowest BCUT2D eigenvalue weighted by atomic mass is 10.1. The van der Waals surface area contributed by atoms with Crippen molar-refractivity contribution in [2.45, 2.75) is 24.7 Å². The highest BCUT2D eigenvalue weighted by Crippen LogP contribution is 2.17. The molecule has 120 valence electrons. The van der Waals surface area contributed by atoms with Gasteiger partial charge in [0, 0.05) is 12.1 Å². The summed E-state index contributed by atoms with van der Waals surface area (Å²) >= 11 is 1.37. The van der Waals surface area contributed by atoms with Crippen LogP contribution in [-0.4, -0.2) is 33.8 Å². The highest BCUT2D eigenvalue weighted by molar-refractivity contribution is 7.98. The molecule has 23 heavy (non-hydrogen) atoms. The number of ether oxygens (including phenoxy) is 1. The molecule has 1 aromatic heterocycles. The van der Waals surface area contributed by atoms with Gasteiger partial charge in [0.25, 0.3) is 5.56 Å². The molecule has 1 aliphatic rings. The molecule has 2 aromatic rings. The summed E-state index contributed by atoms with van der Waals surface area (Å²) < 4.78 is 5.34. The minimum absolute atomic E-state index is 0.114. The van der Waals surface area contributed by atoms with Crippen LogP contribution < -0.4 is 5.56 Å². The van der Waals surface area contributed by atoms with Crippen LogP contribution in [0.25, 0.3) is 0 Å². The Labute approximate surface area is 137 Å². The first-order valence-corrected chi connectivity index (χ1v) is 8.51. The number of thioether (sulfide) groups is 1. The highest BCUT2D eigenvalue weighted by Gasteiger charge is 2.25. The first kappa shape index (κ1) is 15.6. The number of benzene rings is 1. The molecule has 0 spiro atoms. The van der Waals surface area contributed by atoms with Crippen LogP contribution in [0.1, 0.15) is 16.8 Å². The van der Waals surface area contributed by atoms with Gasteiger partial charge in [0.15, 0.2) is 5.16 Å². The van der Waals surface area contributed by atoms with Gasteiger partial charge in [-0.3, -0.25) is 4.79 Å². The summed E-state index contributed by atoms with van der Waals surface area (Å²) in [6, 6.07) is 9.54. The van der Waals surface area contributed by atoms with Crippen LogP contribution in [-0.2, 0) is 24.3 Å². The number of nitrogens with zero attached hydrogens (tertiary/aromatic N) is 2. The number of nitrogens with one attached hydrogen (secondary N) is 1. The molecule has 0 bridgehead atoms. The fourth-order valence-electron chi connectivity index (χ4n) is 2.48. The second kappa shape index (κ2) is 6.87. The van der Waals surface area contributed by atoms with Gasteiger partial charge < -0.3 is 14.6 Å². The van der Waals surface area contributed by atoms with E-state index in [4.69, 9.17) is 4.74 Å². The largest absolute Gasteiger partial charge is 0.445 e. The van der Waals surface area contributed by atoms with Crippen molar-refractivity contribution < 1.29 is 9.53 Å². The van der Waals surface area contributed by atoms with Crippen LogP contribution in [0.3, 0.4) is 0 Å². The van der Waals surface area contributed by atoms with E-state index in [0.717, 1.165) is 5.56 Å². The highest BCUT2D eigenvalue weighted by atomic mass is 32.2. The fourth-order valence-corrected chi connectivity index (χ4v) is 2.88. The second-order valence-electron chi connectivity index (χ2n) is 5.21. The Bertz CT molecular complexity index is 761. The summed E-state index contributed by atoms with van der Waals surface area (Å²) in [5.41, 5.74) is 2.14. The summed E-state index contributed by atoms with van der Waals surface area (Å²) in [5.74, 6) is 0. The van der Waals surface area contributed by atoms with Gasteiger partial charge in [-0.2, -0.15) is 0 Å². The predicted molar refractivity (Wildman–Crippen MR) is 87.4 cm³/mol. The molecule has 1 N–H and O–H groups in total. The molecular formula is C16H17N3O3S. The number of rotatable bonds is 3. The van der Waals surface area contributed by atoms with Crippen molar-refractivity contribution >= 4 is 17.9 Å². The number of amides is 1. The average Bonchev–Trinajstić information content (AvgIpc) is 2.60. The molecule has 0 saturated heterocycles. The van der Waals surface area contributed by atoms with Gasteiger partial charge in [-0.05, 0) is 18.2 Å².